The van der Waals surface area contributed by atoms with Crippen molar-refractivity contribution in [2.24, 2.45) is 11.7 Å². The monoisotopic (exact) mass is 471 g/mol. The molecule has 0 aliphatic carbocycles. The van der Waals surface area contributed by atoms with Crippen LogP contribution in [0.3, 0.4) is 0 Å². The van der Waals surface area contributed by atoms with E-state index >= 15 is 0 Å². The van der Waals surface area contributed by atoms with Gasteiger partial charge in [0, 0.05) is 40.8 Å². The Morgan fingerprint density at radius 2 is 1.91 bits per heavy atom. The molecule has 3 N–H and O–H groups in total. The molecule has 1 atom stereocenters. The fourth-order valence-corrected chi connectivity index (χ4v) is 4.58. The first-order valence-electron chi connectivity index (χ1n) is 11.8. The van der Waals surface area contributed by atoms with Crippen molar-refractivity contribution in [2.75, 3.05) is 18.0 Å². The van der Waals surface area contributed by atoms with Crippen LogP contribution in [0.15, 0.2) is 35.4 Å². The molecule has 0 bridgehead atoms. The van der Waals surface area contributed by atoms with E-state index in [1.54, 1.807) is 0 Å². The van der Waals surface area contributed by atoms with Crippen LogP contribution in [0.4, 0.5) is 5.82 Å². The van der Waals surface area contributed by atoms with Crippen molar-refractivity contribution >= 4 is 23.7 Å². The van der Waals surface area contributed by atoms with Gasteiger partial charge in [-0.3, -0.25) is 9.52 Å². The van der Waals surface area contributed by atoms with Gasteiger partial charge in [0.25, 0.3) is 5.91 Å². The zero-order valence-corrected chi connectivity index (χ0v) is 22.3. The van der Waals surface area contributed by atoms with Crippen LogP contribution in [0.5, 0.6) is 0 Å². The Hall–Kier alpha value is -2.12. The van der Waals surface area contributed by atoms with Crippen LogP contribution >= 0.6 is 11.9 Å². The van der Waals surface area contributed by atoms with E-state index in [1.165, 1.54) is 11.9 Å². The number of aromatic nitrogens is 2. The van der Waals surface area contributed by atoms with Gasteiger partial charge in [0.2, 0.25) is 0 Å². The van der Waals surface area contributed by atoms with Crippen LogP contribution < -0.4 is 15.4 Å². The maximum absolute atomic E-state index is 13.1. The summed E-state index contributed by atoms with van der Waals surface area (Å²) in [6.07, 6.45) is 2.18. The lowest BCUT2D eigenvalue weighted by Gasteiger charge is -2.34. The quantitative estimate of drug-likeness (QED) is 0.560. The van der Waals surface area contributed by atoms with Crippen LogP contribution in [-0.4, -0.2) is 34.5 Å². The van der Waals surface area contributed by atoms with Crippen molar-refractivity contribution in [3.63, 3.8) is 0 Å². The molecule has 3 rings (SSSR count). The maximum Gasteiger partial charge on any atom is 0.265 e. The lowest BCUT2D eigenvalue weighted by Crippen LogP contribution is -2.40. The summed E-state index contributed by atoms with van der Waals surface area (Å²) in [6.45, 7) is 18.9. The molecule has 7 heteroatoms. The molecule has 3 heterocycles. The van der Waals surface area contributed by atoms with E-state index in [4.69, 9.17) is 10.7 Å². The van der Waals surface area contributed by atoms with Crippen LogP contribution in [0.25, 0.3) is 0 Å². The van der Waals surface area contributed by atoms with Gasteiger partial charge in [0.1, 0.15) is 10.8 Å². The molecule has 2 aromatic heterocycles. The van der Waals surface area contributed by atoms with Gasteiger partial charge in [-0.2, -0.15) is 0 Å². The van der Waals surface area contributed by atoms with Gasteiger partial charge in [-0.15, -0.1) is 0 Å². The Balaban J connectivity index is 0.000000890. The summed E-state index contributed by atoms with van der Waals surface area (Å²) < 4.78 is 2.95. The minimum absolute atomic E-state index is 0.0385. The topological polar surface area (TPSA) is 84.1 Å². The third-order valence-corrected chi connectivity index (χ3v) is 6.34. The highest BCUT2D eigenvalue weighted by Crippen LogP contribution is 2.38. The van der Waals surface area contributed by atoms with Crippen molar-refractivity contribution in [3.8, 4) is 0 Å². The van der Waals surface area contributed by atoms with Crippen LogP contribution in [0.1, 0.15) is 83.1 Å². The second-order valence-electron chi connectivity index (χ2n) is 10.5. The van der Waals surface area contributed by atoms with E-state index in [0.717, 1.165) is 48.2 Å². The zero-order chi connectivity index (χ0) is 24.8. The highest BCUT2D eigenvalue weighted by Gasteiger charge is 2.39. The Kier molecular flexibility index (Phi) is 9.32. The largest absolute Gasteiger partial charge is 0.351 e. The molecule has 1 fully saturated rings. The average molecular weight is 472 g/mol. The second kappa shape index (κ2) is 11.3. The SMILES string of the molecule is CCCN.Cc1cccc(SNC(=O)c2ccc(C(C)(C)C)nc2N2CC(C)CC2(C)C)n1. The second-order valence-corrected chi connectivity index (χ2v) is 11.3. The summed E-state index contributed by atoms with van der Waals surface area (Å²) in [5.41, 5.74) is 7.43. The molecular formula is C26H41N5OS. The molecule has 0 spiro atoms. The third kappa shape index (κ3) is 7.44. The number of hydrogen-bond acceptors (Lipinski definition) is 6. The van der Waals surface area contributed by atoms with E-state index in [1.807, 2.05) is 37.3 Å². The van der Waals surface area contributed by atoms with Crippen molar-refractivity contribution in [3.05, 3.63) is 47.3 Å². The summed E-state index contributed by atoms with van der Waals surface area (Å²) in [4.78, 5) is 24.8. The number of aryl methyl sites for hydroxylation is 1. The minimum atomic E-state index is -0.142. The maximum atomic E-state index is 13.1. The number of nitrogens with one attached hydrogen (secondary N) is 1. The van der Waals surface area contributed by atoms with Gasteiger partial charge < -0.3 is 10.6 Å². The number of nitrogens with two attached hydrogens (primary N) is 1. The Labute approximate surface area is 204 Å². The number of anilines is 1. The number of pyridine rings is 2. The Morgan fingerprint density at radius 1 is 1.24 bits per heavy atom. The fourth-order valence-electron chi connectivity index (χ4n) is 3.94. The highest BCUT2D eigenvalue weighted by molar-refractivity contribution is 7.97. The first kappa shape index (κ1) is 27.1. The van der Waals surface area contributed by atoms with Crippen molar-refractivity contribution in [1.29, 1.82) is 0 Å². The number of nitrogens with zero attached hydrogens (tertiary/aromatic N) is 3. The predicted molar refractivity (Wildman–Crippen MR) is 140 cm³/mol. The molecule has 1 unspecified atom stereocenters. The molecular weight excluding hydrogens is 430 g/mol. The number of carbonyl (C=O) groups excluding carboxylic acids is 1. The normalized spacial score (nSPS) is 17.4. The van der Waals surface area contributed by atoms with Crippen molar-refractivity contribution in [1.82, 2.24) is 14.7 Å². The van der Waals surface area contributed by atoms with Gasteiger partial charge in [-0.1, -0.05) is 40.7 Å². The molecule has 6 nitrogen and oxygen atoms in total. The molecule has 1 aliphatic heterocycles. The van der Waals surface area contributed by atoms with E-state index in [-0.39, 0.29) is 16.9 Å². The molecule has 1 amide bonds. The van der Waals surface area contributed by atoms with Crippen LogP contribution in [-0.2, 0) is 5.41 Å². The van der Waals surface area contributed by atoms with E-state index in [9.17, 15) is 4.79 Å². The smallest absolute Gasteiger partial charge is 0.265 e. The van der Waals surface area contributed by atoms with E-state index < -0.39 is 0 Å². The summed E-state index contributed by atoms with van der Waals surface area (Å²) in [6, 6.07) is 9.67. The van der Waals surface area contributed by atoms with Gasteiger partial charge in [0.15, 0.2) is 0 Å². The Bertz CT molecular complexity index is 937. The first-order valence-corrected chi connectivity index (χ1v) is 12.6. The lowest BCUT2D eigenvalue weighted by atomic mass is 9.91. The number of hydrogen-bond donors (Lipinski definition) is 2. The van der Waals surface area contributed by atoms with Gasteiger partial charge in [-0.05, 0) is 70.3 Å². The van der Waals surface area contributed by atoms with Crippen LogP contribution in [0.2, 0.25) is 0 Å². The number of carbonyl (C=O) groups is 1. The summed E-state index contributed by atoms with van der Waals surface area (Å²) in [5.74, 6) is 1.20. The molecule has 0 aromatic carbocycles. The molecule has 33 heavy (non-hydrogen) atoms. The van der Waals surface area contributed by atoms with Crippen molar-refractivity contribution in [2.45, 2.75) is 84.2 Å². The number of rotatable bonds is 5. The number of amides is 1. The van der Waals surface area contributed by atoms with Crippen LogP contribution in [0, 0.1) is 12.8 Å². The summed E-state index contributed by atoms with van der Waals surface area (Å²) in [7, 11) is 0. The first-order chi connectivity index (χ1) is 15.4. The standard InChI is InChI=1S/C23H32N4OS.C3H9N/c1-15-13-23(6,7)27(14-15)20-17(11-12-18(25-20)22(3,4)5)21(28)26-29-19-10-8-9-16(2)24-19;1-2-3-4/h8-12,15H,13-14H2,1-7H3,(H,26,28);2-4H2,1H3. The zero-order valence-electron chi connectivity index (χ0n) is 21.5. The third-order valence-electron chi connectivity index (χ3n) is 5.62. The molecule has 0 radical (unpaired) electrons. The summed E-state index contributed by atoms with van der Waals surface area (Å²) >= 11 is 1.24. The Morgan fingerprint density at radius 3 is 2.42 bits per heavy atom. The van der Waals surface area contributed by atoms with Gasteiger partial charge in [0.05, 0.1) is 5.56 Å². The highest BCUT2D eigenvalue weighted by atomic mass is 32.2. The summed E-state index contributed by atoms with van der Waals surface area (Å²) in [5, 5.41) is 0.772. The molecule has 1 aliphatic rings. The minimum Gasteiger partial charge on any atom is -0.351 e. The molecule has 0 saturated carbocycles. The fraction of sp³-hybridized carbons (Fsp3) is 0.577. The molecule has 182 valence electrons. The van der Waals surface area contributed by atoms with E-state index in [0.29, 0.717) is 11.5 Å². The van der Waals surface area contributed by atoms with E-state index in [2.05, 4.69) is 63.1 Å². The lowest BCUT2D eigenvalue weighted by molar-refractivity contribution is 0.0984. The molecule has 1 saturated heterocycles. The van der Waals surface area contributed by atoms with Gasteiger partial charge in [-0.25, -0.2) is 9.97 Å². The average Bonchev–Trinajstić information content (AvgIpc) is 3.03. The van der Waals surface area contributed by atoms with Crippen molar-refractivity contribution < 1.29 is 4.79 Å². The van der Waals surface area contributed by atoms with Gasteiger partial charge >= 0.3 is 0 Å². The predicted octanol–water partition coefficient (Wildman–Crippen LogP) is 5.50. The molecule has 2 aromatic rings.